The molecular formula is C28H32N4O3. The predicted molar refractivity (Wildman–Crippen MR) is 135 cm³/mol. The highest BCUT2D eigenvalue weighted by atomic mass is 16.6. The number of cyclic esters (lactones) is 1. The largest absolute Gasteiger partial charge is 0.447 e. The van der Waals surface area contributed by atoms with Crippen molar-refractivity contribution in [1.82, 2.24) is 14.8 Å². The fraction of sp³-hybridized carbons (Fsp3) is 0.357. The molecular weight excluding hydrogens is 440 g/mol. The molecule has 2 aliphatic heterocycles. The molecule has 0 saturated carbocycles. The zero-order valence-electron chi connectivity index (χ0n) is 20.3. The van der Waals surface area contributed by atoms with Gasteiger partial charge in [0.15, 0.2) is 0 Å². The van der Waals surface area contributed by atoms with Gasteiger partial charge in [0.05, 0.1) is 6.04 Å². The number of piperidine rings is 1. The van der Waals surface area contributed by atoms with Crippen molar-refractivity contribution in [1.29, 1.82) is 0 Å². The summed E-state index contributed by atoms with van der Waals surface area (Å²) in [5, 5.41) is 0. The number of likely N-dealkylation sites (tertiary alicyclic amines) is 1. The van der Waals surface area contributed by atoms with Crippen molar-refractivity contribution in [3.8, 4) is 11.6 Å². The highest BCUT2D eigenvalue weighted by Crippen LogP contribution is 2.33. The molecule has 1 amide bonds. The second-order valence-electron chi connectivity index (χ2n) is 9.43. The fourth-order valence-electron chi connectivity index (χ4n) is 4.99. The first-order chi connectivity index (χ1) is 17.0. The van der Waals surface area contributed by atoms with Crippen molar-refractivity contribution in [2.75, 3.05) is 25.4 Å². The third-order valence-electron chi connectivity index (χ3n) is 7.07. The number of carbonyl (C=O) groups is 1. The molecule has 3 aromatic rings. The number of hydrogen-bond donors (Lipinski definition) is 1. The van der Waals surface area contributed by atoms with Crippen molar-refractivity contribution in [3.05, 3.63) is 83.0 Å². The maximum Gasteiger partial charge on any atom is 0.410 e. The number of anilines is 1. The Kier molecular flexibility index (Phi) is 6.59. The minimum absolute atomic E-state index is 0.00378. The minimum atomic E-state index is -0.191. The Labute approximate surface area is 206 Å². The Morgan fingerprint density at radius 1 is 1.06 bits per heavy atom. The lowest BCUT2D eigenvalue weighted by Gasteiger charge is -2.38. The summed E-state index contributed by atoms with van der Waals surface area (Å²) in [6, 6.07) is 20.0. The Morgan fingerprint density at radius 3 is 2.54 bits per heavy atom. The van der Waals surface area contributed by atoms with Crippen LogP contribution in [0.25, 0.3) is 0 Å². The Balaban J connectivity index is 1.19. The lowest BCUT2D eigenvalue weighted by molar-refractivity contribution is 0.104. The van der Waals surface area contributed by atoms with Gasteiger partial charge in [0.1, 0.15) is 12.4 Å². The number of aryl methyl sites for hydroxylation is 2. The number of nitrogens with two attached hydrogens (primary N) is 1. The van der Waals surface area contributed by atoms with Crippen LogP contribution in [0.15, 0.2) is 60.7 Å². The van der Waals surface area contributed by atoms with E-state index >= 15 is 0 Å². The monoisotopic (exact) mass is 472 g/mol. The van der Waals surface area contributed by atoms with Gasteiger partial charge in [-0.25, -0.2) is 9.78 Å². The molecule has 2 aliphatic rings. The van der Waals surface area contributed by atoms with E-state index in [9.17, 15) is 4.79 Å². The van der Waals surface area contributed by atoms with E-state index in [2.05, 4.69) is 28.1 Å². The molecule has 0 aliphatic carbocycles. The maximum absolute atomic E-state index is 12.5. The topological polar surface area (TPSA) is 80.9 Å². The number of nitrogens with zero attached hydrogens (tertiary/aromatic N) is 3. The molecule has 2 aromatic carbocycles. The van der Waals surface area contributed by atoms with Crippen LogP contribution < -0.4 is 10.5 Å². The van der Waals surface area contributed by atoms with Crippen LogP contribution in [0.2, 0.25) is 0 Å². The van der Waals surface area contributed by atoms with Gasteiger partial charge in [-0.15, -0.1) is 0 Å². The zero-order valence-corrected chi connectivity index (χ0v) is 20.3. The lowest BCUT2D eigenvalue weighted by Crippen LogP contribution is -2.46. The number of amides is 1. The van der Waals surface area contributed by atoms with Gasteiger partial charge in [-0.3, -0.25) is 9.80 Å². The van der Waals surface area contributed by atoms with Gasteiger partial charge in [0.25, 0.3) is 0 Å². The van der Waals surface area contributed by atoms with Gasteiger partial charge in [-0.1, -0.05) is 36.4 Å². The molecule has 3 heterocycles. The molecule has 0 spiro atoms. The van der Waals surface area contributed by atoms with Crippen molar-refractivity contribution < 1.29 is 14.3 Å². The first kappa shape index (κ1) is 23.2. The summed E-state index contributed by atoms with van der Waals surface area (Å²) in [5.74, 6) is 1.31. The molecule has 7 heteroatoms. The molecule has 1 aromatic heterocycles. The van der Waals surface area contributed by atoms with Crippen LogP contribution in [0.4, 0.5) is 10.5 Å². The molecule has 2 saturated heterocycles. The van der Waals surface area contributed by atoms with Gasteiger partial charge < -0.3 is 15.2 Å². The highest BCUT2D eigenvalue weighted by molar-refractivity contribution is 5.71. The van der Waals surface area contributed by atoms with E-state index in [-0.39, 0.29) is 18.2 Å². The van der Waals surface area contributed by atoms with Crippen LogP contribution in [0.5, 0.6) is 11.6 Å². The Morgan fingerprint density at radius 2 is 1.83 bits per heavy atom. The number of rotatable bonds is 6. The Hall–Kier alpha value is -3.58. The minimum Gasteiger partial charge on any atom is -0.447 e. The fourth-order valence-corrected chi connectivity index (χ4v) is 4.99. The molecule has 1 atom stereocenters. The average molecular weight is 473 g/mol. The van der Waals surface area contributed by atoms with Gasteiger partial charge in [-0.05, 0) is 61.6 Å². The predicted octanol–water partition coefficient (Wildman–Crippen LogP) is 5.23. The van der Waals surface area contributed by atoms with E-state index < -0.39 is 0 Å². The number of ether oxygens (including phenoxy) is 2. The number of carbonyl (C=O) groups excluding carboxylic acids is 1. The van der Waals surface area contributed by atoms with Gasteiger partial charge in [0.2, 0.25) is 5.88 Å². The van der Waals surface area contributed by atoms with Gasteiger partial charge >= 0.3 is 6.09 Å². The van der Waals surface area contributed by atoms with Crippen LogP contribution in [0.1, 0.15) is 41.3 Å². The summed E-state index contributed by atoms with van der Waals surface area (Å²) >= 11 is 0. The number of nitrogen functional groups attached to an aromatic ring is 1. The van der Waals surface area contributed by atoms with E-state index in [1.165, 1.54) is 5.56 Å². The smallest absolute Gasteiger partial charge is 0.410 e. The molecule has 182 valence electrons. The maximum atomic E-state index is 12.5. The van der Waals surface area contributed by atoms with Crippen LogP contribution in [0.3, 0.4) is 0 Å². The third-order valence-corrected chi connectivity index (χ3v) is 7.07. The van der Waals surface area contributed by atoms with Crippen LogP contribution >= 0.6 is 0 Å². The second-order valence-corrected chi connectivity index (χ2v) is 9.43. The first-order valence-electron chi connectivity index (χ1n) is 12.2. The molecule has 2 N–H and O–H groups in total. The quantitative estimate of drug-likeness (QED) is 0.495. The SMILES string of the molecule is Cc1cc(Oc2ccc(CN3CCC(N4C(=O)OC[C@H]4c4ccccc4)CC3)c(C)n2)ccc1N. The first-order valence-corrected chi connectivity index (χ1v) is 12.2. The van der Waals surface area contributed by atoms with E-state index in [0.29, 0.717) is 12.5 Å². The standard InChI is InChI=1S/C28H32N4O3/c1-19-16-24(9-10-25(19)29)35-27-11-8-22(20(2)30-27)17-31-14-12-23(13-15-31)32-26(18-34-28(32)33)21-6-4-3-5-7-21/h3-11,16,23,26H,12-15,17-18,29H2,1-2H3/t26-/m0/s1. The average Bonchev–Trinajstić information content (AvgIpc) is 3.25. The van der Waals surface area contributed by atoms with Crippen LogP contribution in [-0.2, 0) is 11.3 Å². The number of aromatic nitrogens is 1. The zero-order chi connectivity index (χ0) is 24.4. The van der Waals surface area contributed by atoms with Crippen LogP contribution in [0, 0.1) is 13.8 Å². The highest BCUT2D eigenvalue weighted by Gasteiger charge is 2.40. The van der Waals surface area contributed by atoms with E-state index in [0.717, 1.165) is 60.7 Å². The normalized spacial score (nSPS) is 19.1. The van der Waals surface area contributed by atoms with Crippen molar-refractivity contribution in [2.45, 2.75) is 45.3 Å². The van der Waals surface area contributed by atoms with Crippen molar-refractivity contribution in [3.63, 3.8) is 0 Å². The number of hydrogen-bond acceptors (Lipinski definition) is 6. The third kappa shape index (κ3) is 5.10. The molecule has 35 heavy (non-hydrogen) atoms. The van der Waals surface area contributed by atoms with Gasteiger partial charge in [0, 0.05) is 43.1 Å². The summed E-state index contributed by atoms with van der Waals surface area (Å²) in [4.78, 5) is 21.6. The van der Waals surface area contributed by atoms with Crippen molar-refractivity contribution >= 4 is 11.8 Å². The number of benzene rings is 2. The van der Waals surface area contributed by atoms with E-state index in [1.807, 2.05) is 61.2 Å². The van der Waals surface area contributed by atoms with E-state index in [4.69, 9.17) is 15.2 Å². The molecule has 7 nitrogen and oxygen atoms in total. The lowest BCUT2D eigenvalue weighted by atomic mass is 9.98. The van der Waals surface area contributed by atoms with Gasteiger partial charge in [-0.2, -0.15) is 0 Å². The summed E-state index contributed by atoms with van der Waals surface area (Å²) in [6.45, 7) is 7.10. The van der Waals surface area contributed by atoms with Crippen LogP contribution in [-0.4, -0.2) is 46.6 Å². The molecule has 0 bridgehead atoms. The molecule has 0 unspecified atom stereocenters. The molecule has 5 rings (SSSR count). The molecule has 2 fully saturated rings. The van der Waals surface area contributed by atoms with E-state index in [1.54, 1.807) is 0 Å². The molecule has 0 radical (unpaired) electrons. The summed E-state index contributed by atoms with van der Waals surface area (Å²) in [5.41, 5.74) is 10.9. The van der Waals surface area contributed by atoms with Crippen molar-refractivity contribution in [2.24, 2.45) is 0 Å². The number of pyridine rings is 1. The Bertz CT molecular complexity index is 1190. The summed E-state index contributed by atoms with van der Waals surface area (Å²) in [6.07, 6.45) is 1.68. The summed E-state index contributed by atoms with van der Waals surface area (Å²) < 4.78 is 11.4. The summed E-state index contributed by atoms with van der Waals surface area (Å²) in [7, 11) is 0. The second kappa shape index (κ2) is 9.96.